The first-order valence-electron chi connectivity index (χ1n) is 7.70. The Morgan fingerprint density at radius 2 is 1.81 bits per heavy atom. The Hall–Kier alpha value is -2.96. The molecule has 1 unspecified atom stereocenters. The normalized spacial score (nSPS) is 19.2. The van der Waals surface area contributed by atoms with Crippen molar-refractivity contribution in [1.82, 2.24) is 0 Å². The van der Waals surface area contributed by atoms with Gasteiger partial charge < -0.3 is 14.6 Å². The van der Waals surface area contributed by atoms with Gasteiger partial charge in [0.2, 0.25) is 5.60 Å². The van der Waals surface area contributed by atoms with E-state index in [0.29, 0.717) is 0 Å². The van der Waals surface area contributed by atoms with Crippen LogP contribution in [-0.4, -0.2) is 30.0 Å². The summed E-state index contributed by atoms with van der Waals surface area (Å²) >= 11 is 0. The lowest BCUT2D eigenvalue weighted by molar-refractivity contribution is -0.235. The number of fused-ring (bicyclic) bond motifs is 1. The van der Waals surface area contributed by atoms with Crippen LogP contribution >= 0.6 is 0 Å². The number of aliphatic carboxylic acids is 1. The number of halogens is 3. The topological polar surface area (TPSA) is 55.8 Å². The van der Waals surface area contributed by atoms with Gasteiger partial charge in [0.15, 0.2) is 0 Å². The van der Waals surface area contributed by atoms with Crippen LogP contribution in [0.2, 0.25) is 0 Å². The summed E-state index contributed by atoms with van der Waals surface area (Å²) in [5.74, 6) is -1.49. The van der Waals surface area contributed by atoms with E-state index in [1.165, 1.54) is 37.4 Å². The number of hydrogen-bond donors (Lipinski definition) is 1. The molecule has 2 aromatic carbocycles. The highest BCUT2D eigenvalue weighted by Crippen LogP contribution is 2.47. The number of benzene rings is 2. The number of rotatable bonds is 4. The van der Waals surface area contributed by atoms with E-state index in [1.807, 2.05) is 0 Å². The maximum absolute atomic E-state index is 14.2. The van der Waals surface area contributed by atoms with Crippen LogP contribution in [0.4, 0.5) is 13.2 Å². The third-order valence-electron chi connectivity index (χ3n) is 4.26. The highest BCUT2D eigenvalue weighted by Gasteiger charge is 2.63. The fraction of sp³-hybridized carbons (Fsp3) is 0.211. The van der Waals surface area contributed by atoms with Crippen LogP contribution in [-0.2, 0) is 11.2 Å². The molecular weight excluding hydrogens is 349 g/mol. The van der Waals surface area contributed by atoms with Crippen molar-refractivity contribution < 1.29 is 32.5 Å². The molecule has 3 rings (SSSR count). The van der Waals surface area contributed by atoms with Gasteiger partial charge in [-0.25, -0.2) is 4.79 Å². The second kappa shape index (κ2) is 6.40. The molecule has 0 radical (unpaired) electrons. The summed E-state index contributed by atoms with van der Waals surface area (Å²) in [5, 5.41) is 9.49. The van der Waals surface area contributed by atoms with Crippen LogP contribution in [0.15, 0.2) is 54.1 Å². The molecule has 7 heteroatoms. The van der Waals surface area contributed by atoms with E-state index in [9.17, 15) is 23.1 Å². The second-order valence-corrected chi connectivity index (χ2v) is 5.82. The minimum absolute atomic E-state index is 0.0234. The number of ether oxygens (including phenoxy) is 2. The zero-order valence-electron chi connectivity index (χ0n) is 13.7. The Bertz CT molecular complexity index is 873. The standard InChI is InChI=1S/C19H15F3O4/c1-25-15-8-4-3-7-13(15)11-18(19(20,21)22)14(17(23)24)10-12-6-2-5-9-16(12)26-18/h2-10H,11H2,1H3,(H,23,24). The van der Waals surface area contributed by atoms with Crippen LogP contribution in [0, 0.1) is 0 Å². The van der Waals surface area contributed by atoms with Crippen molar-refractivity contribution in [3.05, 3.63) is 65.2 Å². The minimum Gasteiger partial charge on any atom is -0.496 e. The Morgan fingerprint density at radius 1 is 1.15 bits per heavy atom. The maximum atomic E-state index is 14.2. The van der Waals surface area contributed by atoms with Crippen LogP contribution in [0.5, 0.6) is 11.5 Å². The number of carbonyl (C=O) groups is 1. The van der Waals surface area contributed by atoms with E-state index in [4.69, 9.17) is 9.47 Å². The molecule has 1 aliphatic heterocycles. The molecule has 0 saturated carbocycles. The number of carboxylic acid groups (broad SMARTS) is 1. The van der Waals surface area contributed by atoms with Crippen LogP contribution in [0.1, 0.15) is 11.1 Å². The molecule has 1 aliphatic rings. The van der Waals surface area contributed by atoms with Gasteiger partial charge in [0.25, 0.3) is 0 Å². The second-order valence-electron chi connectivity index (χ2n) is 5.82. The summed E-state index contributed by atoms with van der Waals surface area (Å²) in [6.07, 6.45) is -4.68. The van der Waals surface area contributed by atoms with Gasteiger partial charge in [-0.2, -0.15) is 13.2 Å². The highest BCUT2D eigenvalue weighted by atomic mass is 19.4. The predicted molar refractivity (Wildman–Crippen MR) is 88.2 cm³/mol. The average Bonchev–Trinajstić information content (AvgIpc) is 2.60. The lowest BCUT2D eigenvalue weighted by Crippen LogP contribution is -2.56. The smallest absolute Gasteiger partial charge is 0.433 e. The van der Waals surface area contributed by atoms with Gasteiger partial charge in [-0.05, 0) is 23.8 Å². The summed E-state index contributed by atoms with van der Waals surface area (Å²) in [6.45, 7) is 0. The molecule has 2 aromatic rings. The third-order valence-corrected chi connectivity index (χ3v) is 4.26. The van der Waals surface area contributed by atoms with E-state index in [0.717, 1.165) is 6.08 Å². The molecule has 0 fully saturated rings. The van der Waals surface area contributed by atoms with Gasteiger partial charge in [-0.1, -0.05) is 36.4 Å². The van der Waals surface area contributed by atoms with Crippen molar-refractivity contribution in [3.63, 3.8) is 0 Å². The molecule has 0 spiro atoms. The molecule has 0 aromatic heterocycles. The first kappa shape index (κ1) is 17.8. The van der Waals surface area contributed by atoms with E-state index >= 15 is 0 Å². The number of alkyl halides is 3. The Balaban J connectivity index is 2.21. The van der Waals surface area contributed by atoms with Crippen molar-refractivity contribution in [2.45, 2.75) is 18.2 Å². The van der Waals surface area contributed by atoms with E-state index in [1.54, 1.807) is 18.2 Å². The van der Waals surface area contributed by atoms with Crippen LogP contribution in [0.3, 0.4) is 0 Å². The molecule has 136 valence electrons. The van der Waals surface area contributed by atoms with Crippen molar-refractivity contribution in [1.29, 1.82) is 0 Å². The molecule has 1 atom stereocenters. The van der Waals surface area contributed by atoms with Crippen molar-refractivity contribution >= 4 is 12.0 Å². The van der Waals surface area contributed by atoms with Crippen molar-refractivity contribution in [2.75, 3.05) is 7.11 Å². The first-order chi connectivity index (χ1) is 12.3. The monoisotopic (exact) mass is 364 g/mol. The van der Waals surface area contributed by atoms with Crippen molar-refractivity contribution in [3.8, 4) is 11.5 Å². The van der Waals surface area contributed by atoms with Crippen LogP contribution in [0.25, 0.3) is 6.08 Å². The van der Waals surface area contributed by atoms with E-state index in [-0.39, 0.29) is 22.6 Å². The Kier molecular flexibility index (Phi) is 4.39. The molecule has 1 heterocycles. The molecule has 0 amide bonds. The largest absolute Gasteiger partial charge is 0.496 e. The van der Waals surface area contributed by atoms with Gasteiger partial charge in [-0.3, -0.25) is 0 Å². The van der Waals surface area contributed by atoms with Gasteiger partial charge in [0.1, 0.15) is 11.5 Å². The predicted octanol–water partition coefficient (Wildman–Crippen LogP) is 4.10. The molecule has 0 saturated heterocycles. The lowest BCUT2D eigenvalue weighted by Gasteiger charge is -2.39. The third kappa shape index (κ3) is 2.89. The highest BCUT2D eigenvalue weighted by molar-refractivity contribution is 5.96. The quantitative estimate of drug-likeness (QED) is 0.888. The maximum Gasteiger partial charge on any atom is 0.433 e. The van der Waals surface area contributed by atoms with Crippen LogP contribution < -0.4 is 9.47 Å². The van der Waals surface area contributed by atoms with Gasteiger partial charge >= 0.3 is 12.1 Å². The molecule has 26 heavy (non-hydrogen) atoms. The fourth-order valence-electron chi connectivity index (χ4n) is 3.00. The Morgan fingerprint density at radius 3 is 2.46 bits per heavy atom. The molecule has 0 bridgehead atoms. The van der Waals surface area contributed by atoms with Crippen molar-refractivity contribution in [2.24, 2.45) is 0 Å². The fourth-order valence-corrected chi connectivity index (χ4v) is 3.00. The molecular formula is C19H15F3O4. The minimum atomic E-state index is -4.97. The lowest BCUT2D eigenvalue weighted by atomic mass is 9.82. The summed E-state index contributed by atoms with van der Waals surface area (Å²) < 4.78 is 52.9. The van der Waals surface area contributed by atoms with Gasteiger partial charge in [0, 0.05) is 12.0 Å². The SMILES string of the molecule is COc1ccccc1CC1(C(F)(F)F)Oc2ccccc2C=C1C(=O)O. The molecule has 1 N–H and O–H groups in total. The first-order valence-corrected chi connectivity index (χ1v) is 7.70. The number of carboxylic acids is 1. The molecule has 4 nitrogen and oxygen atoms in total. The number of para-hydroxylation sites is 2. The Labute approximate surface area is 147 Å². The summed E-state index contributed by atoms with van der Waals surface area (Å²) in [4.78, 5) is 11.7. The van der Waals surface area contributed by atoms with Gasteiger partial charge in [0.05, 0.1) is 12.7 Å². The number of methoxy groups -OCH3 is 1. The summed E-state index contributed by atoms with van der Waals surface area (Å²) in [5.41, 5.74) is -3.42. The summed E-state index contributed by atoms with van der Waals surface area (Å²) in [6, 6.07) is 12.2. The average molecular weight is 364 g/mol. The van der Waals surface area contributed by atoms with Gasteiger partial charge in [-0.15, -0.1) is 0 Å². The molecule has 0 aliphatic carbocycles. The van der Waals surface area contributed by atoms with E-state index in [2.05, 4.69) is 0 Å². The zero-order valence-corrected chi connectivity index (χ0v) is 13.7. The summed E-state index contributed by atoms with van der Waals surface area (Å²) in [7, 11) is 1.34. The van der Waals surface area contributed by atoms with E-state index < -0.39 is 29.7 Å². The number of hydrogen-bond acceptors (Lipinski definition) is 3. The zero-order chi connectivity index (χ0) is 18.9.